The van der Waals surface area contributed by atoms with Crippen molar-refractivity contribution in [2.75, 3.05) is 0 Å². The lowest BCUT2D eigenvalue weighted by Crippen LogP contribution is -2.61. The third kappa shape index (κ3) is 3.63. The molecule has 3 aromatic rings. The Labute approximate surface area is 178 Å². The quantitative estimate of drug-likeness (QED) is 0.299. The largest absolute Gasteiger partial charge is 0.504 e. The number of hydrogen-bond acceptors (Lipinski definition) is 10. The molecule has 1 aliphatic rings. The van der Waals surface area contributed by atoms with Gasteiger partial charge in [0.05, 0.1) is 0 Å². The second-order valence-electron chi connectivity index (χ2n) is 7.14. The van der Waals surface area contributed by atoms with Crippen molar-refractivity contribution in [2.45, 2.75) is 30.7 Å². The Bertz CT molecular complexity index is 1220. The normalized spacial score (nSPS) is 25.5. The summed E-state index contributed by atoms with van der Waals surface area (Å²) in [7, 11) is 0. The Morgan fingerprint density at radius 1 is 0.938 bits per heavy atom. The van der Waals surface area contributed by atoms with E-state index in [0.29, 0.717) is 5.56 Å². The van der Waals surface area contributed by atoms with Crippen LogP contribution in [0.2, 0.25) is 0 Å². The number of ether oxygens (including phenoxy) is 2. The van der Waals surface area contributed by atoms with Gasteiger partial charge in [-0.2, -0.15) is 0 Å². The summed E-state index contributed by atoms with van der Waals surface area (Å²) in [5.41, 5.74) is -0.265. The lowest BCUT2D eigenvalue weighted by atomic mass is 9.99. The highest BCUT2D eigenvalue weighted by atomic mass is 16.7. The Hall–Kier alpha value is -3.64. The van der Waals surface area contributed by atoms with Gasteiger partial charge in [0.1, 0.15) is 35.0 Å². The van der Waals surface area contributed by atoms with Gasteiger partial charge in [0.2, 0.25) is 12.0 Å². The average molecular weight is 446 g/mol. The van der Waals surface area contributed by atoms with Crippen molar-refractivity contribution in [1.82, 2.24) is 0 Å². The number of carboxylic acids is 1. The molecule has 0 bridgehead atoms. The molecule has 3 unspecified atom stereocenters. The molecule has 11 nitrogen and oxygen atoms in total. The van der Waals surface area contributed by atoms with E-state index in [1.54, 1.807) is 30.3 Å². The molecule has 0 amide bonds. The van der Waals surface area contributed by atoms with Crippen molar-refractivity contribution < 1.29 is 49.3 Å². The molecule has 0 aliphatic carbocycles. The third-order valence-electron chi connectivity index (χ3n) is 5.05. The minimum absolute atomic E-state index is 0.164. The molecule has 0 saturated carbocycles. The maximum atomic E-state index is 12.5. The van der Waals surface area contributed by atoms with Gasteiger partial charge in [-0.25, -0.2) is 4.79 Å². The van der Waals surface area contributed by atoms with Gasteiger partial charge in [0, 0.05) is 17.7 Å². The summed E-state index contributed by atoms with van der Waals surface area (Å²) in [6.07, 6.45) is -9.56. The van der Waals surface area contributed by atoms with Gasteiger partial charge in [0.15, 0.2) is 23.0 Å². The predicted octanol–water partition coefficient (Wildman–Crippen LogP) is 0.142. The molecule has 168 valence electrons. The van der Waals surface area contributed by atoms with Gasteiger partial charge >= 0.3 is 5.97 Å². The second-order valence-corrected chi connectivity index (χ2v) is 7.14. The third-order valence-corrected chi connectivity index (χ3v) is 5.05. The minimum Gasteiger partial charge on any atom is -0.504 e. The molecule has 1 saturated heterocycles. The van der Waals surface area contributed by atoms with Gasteiger partial charge in [-0.05, 0) is 0 Å². The van der Waals surface area contributed by atoms with Crippen LogP contribution in [0.1, 0.15) is 0 Å². The van der Waals surface area contributed by atoms with E-state index in [1.807, 2.05) is 0 Å². The molecule has 4 rings (SSSR count). The van der Waals surface area contributed by atoms with Crippen molar-refractivity contribution in [3.63, 3.8) is 0 Å². The van der Waals surface area contributed by atoms with E-state index in [2.05, 4.69) is 0 Å². The van der Waals surface area contributed by atoms with Gasteiger partial charge in [-0.15, -0.1) is 0 Å². The molecule has 6 N–H and O–H groups in total. The molecule has 2 heterocycles. The van der Waals surface area contributed by atoms with Gasteiger partial charge in [0.25, 0.3) is 0 Å². The van der Waals surface area contributed by atoms with E-state index in [9.17, 15) is 35.1 Å². The number of fused-ring (bicyclic) bond motifs is 1. The maximum Gasteiger partial charge on any atom is 0.335 e. The number of carbonyl (C=O) groups is 1. The van der Waals surface area contributed by atoms with Crippen LogP contribution in [0.15, 0.2) is 51.7 Å². The summed E-state index contributed by atoms with van der Waals surface area (Å²) in [5.74, 6) is -3.76. The highest BCUT2D eigenvalue weighted by molar-refractivity contribution is 5.89. The number of aliphatic carboxylic acids is 1. The highest BCUT2D eigenvalue weighted by Gasteiger charge is 2.48. The average Bonchev–Trinajstić information content (AvgIpc) is 2.77. The van der Waals surface area contributed by atoms with Crippen LogP contribution >= 0.6 is 0 Å². The van der Waals surface area contributed by atoms with Gasteiger partial charge in [-0.3, -0.25) is 4.79 Å². The zero-order valence-corrected chi connectivity index (χ0v) is 16.2. The van der Waals surface area contributed by atoms with E-state index in [-0.39, 0.29) is 16.7 Å². The highest BCUT2D eigenvalue weighted by Crippen LogP contribution is 2.42. The predicted molar refractivity (Wildman–Crippen MR) is 106 cm³/mol. The Balaban J connectivity index is 1.77. The fourth-order valence-electron chi connectivity index (χ4n) is 3.38. The molecule has 1 fully saturated rings. The van der Waals surface area contributed by atoms with Gasteiger partial charge in [-0.1, -0.05) is 30.3 Å². The zero-order valence-electron chi connectivity index (χ0n) is 16.2. The molecule has 11 heteroatoms. The minimum atomic E-state index is -1.94. The number of hydrogen-bond donors (Lipinski definition) is 6. The van der Waals surface area contributed by atoms with Crippen LogP contribution in [0.3, 0.4) is 0 Å². The summed E-state index contributed by atoms with van der Waals surface area (Å²) in [4.78, 5) is 23.8. The van der Waals surface area contributed by atoms with Gasteiger partial charge < -0.3 is 44.5 Å². The van der Waals surface area contributed by atoms with E-state index in [1.165, 1.54) is 0 Å². The second kappa shape index (κ2) is 8.13. The van der Waals surface area contributed by atoms with E-state index in [0.717, 1.165) is 12.1 Å². The number of aliphatic hydroxyl groups is 3. The standard InChI is InChI=1S/C21H18O11/c22-9-6-10(8-4-2-1-3-5-8)30-11-7-12(14(23)15(24)13(9)11)31-21-18(27)16(25)17(26)19(32-21)20(28)29/h1-7,16-19,21,23-27H,(H,28,29)/t16?,17-,18?,19?,21-/m1/s1. The molecule has 32 heavy (non-hydrogen) atoms. The Morgan fingerprint density at radius 2 is 1.62 bits per heavy atom. The molecule has 1 aliphatic heterocycles. The topological polar surface area (TPSA) is 187 Å². The summed E-state index contributed by atoms with van der Waals surface area (Å²) in [6, 6.07) is 10.8. The van der Waals surface area contributed by atoms with Crippen LogP contribution in [0.4, 0.5) is 0 Å². The molecule has 2 aromatic carbocycles. The van der Waals surface area contributed by atoms with Crippen molar-refractivity contribution in [3.8, 4) is 28.6 Å². The first-order chi connectivity index (χ1) is 15.2. The number of phenolic OH excluding ortho intramolecular Hbond substituents is 2. The van der Waals surface area contributed by atoms with E-state index < -0.39 is 59.4 Å². The first kappa shape index (κ1) is 21.6. The zero-order chi connectivity index (χ0) is 23.2. The Kier molecular flexibility index (Phi) is 5.48. The summed E-state index contributed by atoms with van der Waals surface area (Å²) >= 11 is 0. The van der Waals surface area contributed by atoms with Crippen molar-refractivity contribution in [1.29, 1.82) is 0 Å². The van der Waals surface area contributed by atoms with Crippen molar-refractivity contribution in [2.24, 2.45) is 0 Å². The lowest BCUT2D eigenvalue weighted by Gasteiger charge is -2.38. The number of benzene rings is 2. The monoisotopic (exact) mass is 446 g/mol. The first-order valence-electron chi connectivity index (χ1n) is 9.36. The SMILES string of the molecule is O=C(O)C1O[C@@H](Oc2cc3oc(-c4ccccc4)cc(=O)c3c(O)c2O)C(O)C(O)[C@H]1O. The van der Waals surface area contributed by atoms with E-state index in [4.69, 9.17) is 19.0 Å². The van der Waals surface area contributed by atoms with Crippen molar-refractivity contribution in [3.05, 3.63) is 52.7 Å². The van der Waals surface area contributed by atoms with Crippen molar-refractivity contribution >= 4 is 16.9 Å². The fourth-order valence-corrected chi connectivity index (χ4v) is 3.38. The van der Waals surface area contributed by atoms with Crippen LogP contribution in [0.25, 0.3) is 22.3 Å². The van der Waals surface area contributed by atoms with Crippen LogP contribution in [0, 0.1) is 0 Å². The number of aliphatic hydroxyl groups excluding tert-OH is 3. The molecular weight excluding hydrogens is 428 g/mol. The lowest BCUT2D eigenvalue weighted by molar-refractivity contribution is -0.271. The molecular formula is C21H18O11. The molecule has 0 radical (unpaired) electrons. The Morgan fingerprint density at radius 3 is 2.28 bits per heavy atom. The van der Waals surface area contributed by atoms with Crippen LogP contribution in [0.5, 0.6) is 17.2 Å². The summed E-state index contributed by atoms with van der Waals surface area (Å²) in [6.45, 7) is 0. The summed E-state index contributed by atoms with van der Waals surface area (Å²) in [5, 5.41) is 59.2. The van der Waals surface area contributed by atoms with Crippen LogP contribution in [-0.2, 0) is 9.53 Å². The number of carboxylic acid groups (broad SMARTS) is 1. The summed E-state index contributed by atoms with van der Waals surface area (Å²) < 4.78 is 16.0. The number of phenols is 2. The van der Waals surface area contributed by atoms with E-state index >= 15 is 0 Å². The maximum absolute atomic E-state index is 12.5. The molecule has 5 atom stereocenters. The number of rotatable bonds is 4. The molecule has 1 aromatic heterocycles. The molecule has 0 spiro atoms. The first-order valence-corrected chi connectivity index (χ1v) is 9.36. The van der Waals surface area contributed by atoms with Crippen LogP contribution < -0.4 is 10.2 Å². The fraction of sp³-hybridized carbons (Fsp3) is 0.238. The smallest absolute Gasteiger partial charge is 0.335 e. The number of aromatic hydroxyl groups is 2. The van der Waals surface area contributed by atoms with Crippen LogP contribution in [-0.4, -0.2) is 67.3 Å².